The Hall–Kier alpha value is -4.24. The third kappa shape index (κ3) is 7.37. The number of benzene rings is 3. The lowest BCUT2D eigenvalue weighted by molar-refractivity contribution is -0.111. The lowest BCUT2D eigenvalue weighted by Gasteiger charge is -2.13. The van der Waals surface area contributed by atoms with E-state index in [4.69, 9.17) is 18.9 Å². The molecule has 37 heavy (non-hydrogen) atoms. The summed E-state index contributed by atoms with van der Waals surface area (Å²) in [7, 11) is 6.13. The number of anilines is 2. The molecule has 0 bridgehead atoms. The maximum Gasteiger partial charge on any atom is 0.248 e. The van der Waals surface area contributed by atoms with Gasteiger partial charge in [-0.15, -0.1) is 0 Å². The molecule has 3 aromatic rings. The van der Waals surface area contributed by atoms with Crippen LogP contribution in [0.4, 0.5) is 11.4 Å². The van der Waals surface area contributed by atoms with Gasteiger partial charge in [0.1, 0.15) is 23.0 Å². The van der Waals surface area contributed by atoms with Gasteiger partial charge in [-0.1, -0.05) is 15.9 Å². The minimum Gasteiger partial charge on any atom is -0.496 e. The highest BCUT2D eigenvalue weighted by atomic mass is 79.9. The molecule has 0 fully saturated rings. The van der Waals surface area contributed by atoms with Crippen LogP contribution in [0.1, 0.15) is 15.9 Å². The van der Waals surface area contributed by atoms with Gasteiger partial charge in [0.25, 0.3) is 0 Å². The van der Waals surface area contributed by atoms with Gasteiger partial charge in [-0.2, -0.15) is 0 Å². The molecule has 0 saturated carbocycles. The van der Waals surface area contributed by atoms with Crippen LogP contribution in [0.15, 0.2) is 77.4 Å². The number of nitrogens with one attached hydrogen (secondary N) is 2. The van der Waals surface area contributed by atoms with Gasteiger partial charge in [0, 0.05) is 46.2 Å². The molecule has 0 atom stereocenters. The molecule has 1 amide bonds. The first-order chi connectivity index (χ1) is 17.9. The quantitative estimate of drug-likeness (QED) is 0.219. The molecule has 8 nitrogen and oxygen atoms in total. The molecule has 0 heterocycles. The second-order valence-corrected chi connectivity index (χ2v) is 8.45. The zero-order valence-electron chi connectivity index (χ0n) is 20.8. The van der Waals surface area contributed by atoms with Crippen LogP contribution in [0.2, 0.25) is 0 Å². The van der Waals surface area contributed by atoms with Gasteiger partial charge in [0.15, 0.2) is 5.78 Å². The Kier molecular flexibility index (Phi) is 9.74. The number of hydrogen-bond donors (Lipinski definition) is 2. The van der Waals surface area contributed by atoms with Gasteiger partial charge in [0.05, 0.1) is 39.7 Å². The summed E-state index contributed by atoms with van der Waals surface area (Å²) in [5.74, 6) is 1.60. The van der Waals surface area contributed by atoms with Gasteiger partial charge in [-0.05, 0) is 48.5 Å². The molecule has 192 valence electrons. The molecule has 9 heteroatoms. The molecule has 0 aromatic heterocycles. The molecule has 3 rings (SSSR count). The smallest absolute Gasteiger partial charge is 0.248 e. The van der Waals surface area contributed by atoms with Crippen molar-refractivity contribution in [3.8, 4) is 23.0 Å². The number of rotatable bonds is 11. The van der Waals surface area contributed by atoms with Crippen molar-refractivity contribution in [3.63, 3.8) is 0 Å². The number of carbonyl (C=O) groups is 2. The second-order valence-electron chi connectivity index (χ2n) is 7.53. The van der Waals surface area contributed by atoms with Gasteiger partial charge in [-0.3, -0.25) is 9.59 Å². The van der Waals surface area contributed by atoms with Crippen molar-refractivity contribution in [3.05, 3.63) is 88.5 Å². The molecule has 0 radical (unpaired) electrons. The zero-order valence-corrected chi connectivity index (χ0v) is 22.4. The second kappa shape index (κ2) is 13.2. The largest absolute Gasteiger partial charge is 0.496 e. The van der Waals surface area contributed by atoms with E-state index < -0.39 is 0 Å². The first-order valence-corrected chi connectivity index (χ1v) is 11.9. The third-order valence-electron chi connectivity index (χ3n) is 5.22. The Balaban J connectivity index is 1.72. The van der Waals surface area contributed by atoms with Crippen LogP contribution in [0.3, 0.4) is 0 Å². The Morgan fingerprint density at radius 2 is 1.43 bits per heavy atom. The number of allylic oxidation sites excluding steroid dienone is 1. The van der Waals surface area contributed by atoms with Crippen molar-refractivity contribution in [1.82, 2.24) is 0 Å². The van der Waals surface area contributed by atoms with E-state index in [1.165, 1.54) is 39.7 Å². The highest BCUT2D eigenvalue weighted by molar-refractivity contribution is 9.10. The Morgan fingerprint density at radius 3 is 2.03 bits per heavy atom. The minimum absolute atomic E-state index is 0.155. The zero-order chi connectivity index (χ0) is 26.8. The summed E-state index contributed by atoms with van der Waals surface area (Å²) in [4.78, 5) is 25.0. The fraction of sp³-hybridized carbons (Fsp3) is 0.143. The predicted molar refractivity (Wildman–Crippen MR) is 148 cm³/mol. The average Bonchev–Trinajstić information content (AvgIpc) is 2.91. The first-order valence-electron chi connectivity index (χ1n) is 11.1. The molecule has 0 aliphatic rings. The van der Waals surface area contributed by atoms with Crippen LogP contribution in [-0.2, 0) is 4.79 Å². The van der Waals surface area contributed by atoms with E-state index >= 15 is 0 Å². The molecule has 0 saturated heterocycles. The van der Waals surface area contributed by atoms with E-state index in [9.17, 15) is 9.59 Å². The van der Waals surface area contributed by atoms with Crippen LogP contribution in [-0.4, -0.2) is 40.1 Å². The number of ketones is 1. The fourth-order valence-electron chi connectivity index (χ4n) is 3.36. The summed E-state index contributed by atoms with van der Waals surface area (Å²) in [6.07, 6.45) is 5.93. The molecule has 0 aliphatic heterocycles. The molecule has 0 spiro atoms. The van der Waals surface area contributed by atoms with Crippen LogP contribution >= 0.6 is 15.9 Å². The van der Waals surface area contributed by atoms with Crippen LogP contribution in [0.25, 0.3) is 6.08 Å². The molecule has 0 aliphatic carbocycles. The molecule has 0 unspecified atom stereocenters. The monoisotopic (exact) mass is 566 g/mol. The standard InChI is InChI=1S/C28H27BrN2O6/c1-34-21-16-26(36-3)22(27(17-21)37-4)10-12-28(33)31-20-9-11-25(35-2)23(15-20)30-14-13-24(32)18-5-7-19(29)8-6-18/h5-17,30H,1-4H3,(H,31,33)/b12-10+,14-13+. The number of ether oxygens (including phenoxy) is 4. The molecule has 2 N–H and O–H groups in total. The van der Waals surface area contributed by atoms with E-state index in [1.807, 2.05) is 0 Å². The summed E-state index contributed by atoms with van der Waals surface area (Å²) in [6, 6.07) is 15.6. The Labute approximate surface area is 224 Å². The van der Waals surface area contributed by atoms with E-state index in [1.54, 1.807) is 67.8 Å². The lowest BCUT2D eigenvalue weighted by atomic mass is 10.1. The summed E-state index contributed by atoms with van der Waals surface area (Å²) in [5.41, 5.74) is 2.26. The van der Waals surface area contributed by atoms with Crippen LogP contribution in [0, 0.1) is 0 Å². The normalized spacial score (nSPS) is 10.8. The maximum atomic E-state index is 12.6. The van der Waals surface area contributed by atoms with Crippen LogP contribution < -0.4 is 29.6 Å². The van der Waals surface area contributed by atoms with Gasteiger partial charge in [-0.25, -0.2) is 0 Å². The van der Waals surface area contributed by atoms with Crippen LogP contribution in [0.5, 0.6) is 23.0 Å². The predicted octanol–water partition coefficient (Wildman–Crippen LogP) is 5.94. The maximum absolute atomic E-state index is 12.6. The van der Waals surface area contributed by atoms with Crippen molar-refractivity contribution >= 4 is 45.1 Å². The molecular weight excluding hydrogens is 540 g/mol. The summed E-state index contributed by atoms with van der Waals surface area (Å²) >= 11 is 3.35. The van der Waals surface area contributed by atoms with Crippen molar-refractivity contribution in [1.29, 1.82) is 0 Å². The third-order valence-corrected chi connectivity index (χ3v) is 5.75. The number of halogens is 1. The van der Waals surface area contributed by atoms with Crippen molar-refractivity contribution in [2.24, 2.45) is 0 Å². The highest BCUT2D eigenvalue weighted by Crippen LogP contribution is 2.35. The van der Waals surface area contributed by atoms with E-state index in [2.05, 4.69) is 26.6 Å². The summed E-state index contributed by atoms with van der Waals surface area (Å²) in [6.45, 7) is 0. The average molecular weight is 567 g/mol. The van der Waals surface area contributed by atoms with Gasteiger partial charge >= 0.3 is 0 Å². The number of methoxy groups -OCH3 is 4. The fourth-order valence-corrected chi connectivity index (χ4v) is 3.62. The topological polar surface area (TPSA) is 95.1 Å². The summed E-state index contributed by atoms with van der Waals surface area (Å²) in [5, 5.41) is 5.85. The van der Waals surface area contributed by atoms with E-state index in [-0.39, 0.29) is 11.7 Å². The van der Waals surface area contributed by atoms with Gasteiger partial charge in [0.2, 0.25) is 5.91 Å². The van der Waals surface area contributed by atoms with Crippen molar-refractivity contribution < 1.29 is 28.5 Å². The summed E-state index contributed by atoms with van der Waals surface area (Å²) < 4.78 is 22.4. The SMILES string of the molecule is COc1cc(OC)c(/C=C/C(=O)Nc2ccc(OC)c(N/C=C/C(=O)c3ccc(Br)cc3)c2)c(OC)c1. The Bertz CT molecular complexity index is 1290. The van der Waals surface area contributed by atoms with Crippen molar-refractivity contribution in [2.75, 3.05) is 39.1 Å². The molecule has 3 aromatic carbocycles. The Morgan fingerprint density at radius 1 is 0.784 bits per heavy atom. The number of hydrogen-bond acceptors (Lipinski definition) is 7. The number of carbonyl (C=O) groups excluding carboxylic acids is 2. The van der Waals surface area contributed by atoms with Crippen molar-refractivity contribution in [2.45, 2.75) is 0 Å². The van der Waals surface area contributed by atoms with Gasteiger partial charge < -0.3 is 29.6 Å². The molecular formula is C28H27BrN2O6. The number of amides is 1. The highest BCUT2D eigenvalue weighted by Gasteiger charge is 2.12. The minimum atomic E-state index is -0.364. The lowest BCUT2D eigenvalue weighted by Crippen LogP contribution is -2.08. The van der Waals surface area contributed by atoms with E-state index in [0.717, 1.165) is 4.47 Å². The van der Waals surface area contributed by atoms with E-state index in [0.29, 0.717) is 45.5 Å². The first kappa shape index (κ1) is 27.3.